The van der Waals surface area contributed by atoms with Crippen molar-refractivity contribution in [3.8, 4) is 5.75 Å². The van der Waals surface area contributed by atoms with Crippen molar-refractivity contribution in [2.75, 3.05) is 26.7 Å². The van der Waals surface area contributed by atoms with Crippen LogP contribution >= 0.6 is 0 Å². The highest BCUT2D eigenvalue weighted by molar-refractivity contribution is 5.88. The Hall–Kier alpha value is -2.07. The number of hydrogen-bond donors (Lipinski definition) is 1. The Morgan fingerprint density at radius 2 is 1.88 bits per heavy atom. The molecule has 1 fully saturated rings. The predicted molar refractivity (Wildman–Crippen MR) is 107 cm³/mol. The zero-order valence-corrected chi connectivity index (χ0v) is 16.1. The summed E-state index contributed by atoms with van der Waals surface area (Å²) in [6.45, 7) is 7.04. The van der Waals surface area contributed by atoms with Crippen molar-refractivity contribution >= 4 is 16.7 Å². The molecule has 4 heteroatoms. The smallest absolute Gasteiger partial charge is 0.230 e. The van der Waals surface area contributed by atoms with Crippen molar-refractivity contribution in [1.29, 1.82) is 0 Å². The Labute approximate surface area is 156 Å². The van der Waals surface area contributed by atoms with Crippen molar-refractivity contribution in [2.24, 2.45) is 0 Å². The summed E-state index contributed by atoms with van der Waals surface area (Å²) in [7, 11) is 1.68. The van der Waals surface area contributed by atoms with Gasteiger partial charge >= 0.3 is 0 Å². The number of carbonyl (C=O) groups excluding carboxylic acids is 1. The molecular formula is C22H30N2O2. The third kappa shape index (κ3) is 4.01. The Bertz CT molecular complexity index is 753. The average molecular weight is 354 g/mol. The third-order valence-corrected chi connectivity index (χ3v) is 5.44. The van der Waals surface area contributed by atoms with Gasteiger partial charge < -0.3 is 15.0 Å². The van der Waals surface area contributed by atoms with E-state index in [-0.39, 0.29) is 11.8 Å². The van der Waals surface area contributed by atoms with Crippen molar-refractivity contribution in [1.82, 2.24) is 10.2 Å². The zero-order chi connectivity index (χ0) is 18.5. The number of carbonyl (C=O) groups is 1. The summed E-state index contributed by atoms with van der Waals surface area (Å²) < 4.78 is 5.30. The van der Waals surface area contributed by atoms with Gasteiger partial charge in [0.1, 0.15) is 5.75 Å². The molecule has 0 aromatic heterocycles. The normalized spacial score (nSPS) is 16.4. The van der Waals surface area contributed by atoms with Crippen LogP contribution in [0.1, 0.15) is 44.6 Å². The van der Waals surface area contributed by atoms with Gasteiger partial charge in [-0.15, -0.1) is 0 Å². The molecule has 1 aliphatic heterocycles. The molecule has 0 bridgehead atoms. The number of rotatable bonds is 6. The predicted octanol–water partition coefficient (Wildman–Crippen LogP) is 3.94. The number of hydrogen-bond acceptors (Lipinski definition) is 3. The van der Waals surface area contributed by atoms with Gasteiger partial charge in [-0.2, -0.15) is 0 Å². The van der Waals surface area contributed by atoms with Gasteiger partial charge in [-0.25, -0.2) is 0 Å². The van der Waals surface area contributed by atoms with Crippen LogP contribution < -0.4 is 10.1 Å². The van der Waals surface area contributed by atoms with Crippen LogP contribution in [0.5, 0.6) is 5.75 Å². The Morgan fingerprint density at radius 3 is 2.58 bits per heavy atom. The van der Waals surface area contributed by atoms with Crippen LogP contribution in [-0.2, 0) is 4.79 Å². The summed E-state index contributed by atoms with van der Waals surface area (Å²) in [5.41, 5.74) is 1.09. The molecule has 1 heterocycles. The van der Waals surface area contributed by atoms with E-state index in [1.165, 1.54) is 0 Å². The molecule has 2 aromatic carbocycles. The van der Waals surface area contributed by atoms with Crippen LogP contribution in [-0.4, -0.2) is 43.6 Å². The van der Waals surface area contributed by atoms with E-state index in [0.717, 1.165) is 61.0 Å². The molecule has 0 radical (unpaired) electrons. The molecule has 1 aliphatic rings. The quantitative estimate of drug-likeness (QED) is 0.854. The molecule has 0 aliphatic carbocycles. The molecule has 1 unspecified atom stereocenters. The first kappa shape index (κ1) is 18.7. The molecule has 1 amide bonds. The second-order valence-electron chi connectivity index (χ2n) is 7.21. The molecular weight excluding hydrogens is 324 g/mol. The number of ether oxygens (including phenoxy) is 1. The molecule has 2 aromatic rings. The number of benzene rings is 2. The lowest BCUT2D eigenvalue weighted by Crippen LogP contribution is -2.47. The van der Waals surface area contributed by atoms with Crippen LogP contribution in [0.3, 0.4) is 0 Å². The van der Waals surface area contributed by atoms with Crippen LogP contribution in [0.2, 0.25) is 0 Å². The molecule has 0 spiro atoms. The van der Waals surface area contributed by atoms with Crippen LogP contribution in [0.25, 0.3) is 10.8 Å². The van der Waals surface area contributed by atoms with Gasteiger partial charge in [0.05, 0.1) is 13.0 Å². The Morgan fingerprint density at radius 1 is 1.19 bits per heavy atom. The Kier molecular flexibility index (Phi) is 6.15. The highest BCUT2D eigenvalue weighted by Gasteiger charge is 2.28. The first-order valence-electron chi connectivity index (χ1n) is 9.73. The number of amides is 1. The van der Waals surface area contributed by atoms with Crippen molar-refractivity contribution in [3.63, 3.8) is 0 Å². The average Bonchev–Trinajstić information content (AvgIpc) is 2.70. The maximum Gasteiger partial charge on any atom is 0.230 e. The molecule has 4 nitrogen and oxygen atoms in total. The van der Waals surface area contributed by atoms with Crippen LogP contribution in [0, 0.1) is 0 Å². The van der Waals surface area contributed by atoms with Crippen molar-refractivity contribution in [2.45, 2.75) is 45.1 Å². The van der Waals surface area contributed by atoms with Crippen molar-refractivity contribution < 1.29 is 9.53 Å². The van der Waals surface area contributed by atoms with Gasteiger partial charge in [-0.3, -0.25) is 4.79 Å². The SMILES string of the molecule is CCCN(C(=O)C(C)c1ccc2cc(OC)ccc2c1)C1CCNCC1. The van der Waals surface area contributed by atoms with Gasteiger partial charge in [0.2, 0.25) is 5.91 Å². The van der Waals surface area contributed by atoms with Gasteiger partial charge in [-0.1, -0.05) is 31.2 Å². The summed E-state index contributed by atoms with van der Waals surface area (Å²) in [5, 5.41) is 5.67. The maximum atomic E-state index is 13.3. The van der Waals surface area contributed by atoms with Gasteiger partial charge in [0.25, 0.3) is 0 Å². The van der Waals surface area contributed by atoms with Gasteiger partial charge in [0.15, 0.2) is 0 Å². The molecule has 3 rings (SSSR count). The van der Waals surface area contributed by atoms with E-state index in [1.807, 2.05) is 19.1 Å². The minimum Gasteiger partial charge on any atom is -0.497 e. The summed E-state index contributed by atoms with van der Waals surface area (Å²) >= 11 is 0. The van der Waals surface area contributed by atoms with Gasteiger partial charge in [0, 0.05) is 12.6 Å². The highest BCUT2D eigenvalue weighted by atomic mass is 16.5. The first-order valence-corrected chi connectivity index (χ1v) is 9.73. The van der Waals surface area contributed by atoms with E-state index in [2.05, 4.69) is 41.4 Å². The first-order chi connectivity index (χ1) is 12.6. The van der Waals surface area contributed by atoms with E-state index < -0.39 is 0 Å². The number of fused-ring (bicyclic) bond motifs is 1. The summed E-state index contributed by atoms with van der Waals surface area (Å²) in [6, 6.07) is 12.7. The number of nitrogens with one attached hydrogen (secondary N) is 1. The molecule has 140 valence electrons. The van der Waals surface area contributed by atoms with E-state index in [4.69, 9.17) is 4.74 Å². The highest BCUT2D eigenvalue weighted by Crippen LogP contribution is 2.27. The monoisotopic (exact) mass is 354 g/mol. The van der Waals surface area contributed by atoms with E-state index in [1.54, 1.807) is 7.11 Å². The largest absolute Gasteiger partial charge is 0.497 e. The minimum absolute atomic E-state index is 0.122. The van der Waals surface area contributed by atoms with Crippen LogP contribution in [0.4, 0.5) is 0 Å². The van der Waals surface area contributed by atoms with Crippen LogP contribution in [0.15, 0.2) is 36.4 Å². The molecule has 1 atom stereocenters. The van der Waals surface area contributed by atoms with Gasteiger partial charge in [-0.05, 0) is 67.7 Å². The molecule has 26 heavy (non-hydrogen) atoms. The number of piperidine rings is 1. The summed E-state index contributed by atoms with van der Waals surface area (Å²) in [5.74, 6) is 0.990. The fourth-order valence-electron chi connectivity index (χ4n) is 3.86. The topological polar surface area (TPSA) is 41.6 Å². The fourth-order valence-corrected chi connectivity index (χ4v) is 3.86. The number of methoxy groups -OCH3 is 1. The molecule has 0 saturated carbocycles. The standard InChI is InChI=1S/C22H30N2O2/c1-4-13-24(20-9-11-23-12-10-20)22(25)16(2)17-5-6-19-15-21(26-3)8-7-18(19)14-17/h5-8,14-16,20,23H,4,9-13H2,1-3H3. The third-order valence-electron chi connectivity index (χ3n) is 5.44. The molecule has 1 N–H and O–H groups in total. The van der Waals surface area contributed by atoms with E-state index in [0.29, 0.717) is 6.04 Å². The van der Waals surface area contributed by atoms with E-state index in [9.17, 15) is 4.79 Å². The zero-order valence-electron chi connectivity index (χ0n) is 16.1. The fraction of sp³-hybridized carbons (Fsp3) is 0.500. The lowest BCUT2D eigenvalue weighted by atomic mass is 9.94. The Balaban J connectivity index is 1.82. The summed E-state index contributed by atoms with van der Waals surface area (Å²) in [4.78, 5) is 15.4. The second-order valence-corrected chi connectivity index (χ2v) is 7.21. The minimum atomic E-state index is -0.122. The number of nitrogens with zero attached hydrogens (tertiary/aromatic N) is 1. The molecule has 1 saturated heterocycles. The lowest BCUT2D eigenvalue weighted by Gasteiger charge is -2.36. The maximum absolute atomic E-state index is 13.3. The van der Waals surface area contributed by atoms with Crippen molar-refractivity contribution in [3.05, 3.63) is 42.0 Å². The second kappa shape index (κ2) is 8.54. The summed E-state index contributed by atoms with van der Waals surface area (Å²) in [6.07, 6.45) is 3.10. The van der Waals surface area contributed by atoms with E-state index >= 15 is 0 Å². The lowest BCUT2D eigenvalue weighted by molar-refractivity contribution is -0.135.